The van der Waals surface area contributed by atoms with Gasteiger partial charge in [-0.3, -0.25) is 0 Å². The molecule has 5 nitrogen and oxygen atoms in total. The third-order valence-electron chi connectivity index (χ3n) is 3.88. The number of halogens is 1. The SMILES string of the molecule is Nc1cc(S(=O)(=O)N(CCO)C2CCCCC2)ccc1F. The molecule has 1 saturated carbocycles. The van der Waals surface area contributed by atoms with Crippen LogP contribution in [0.1, 0.15) is 32.1 Å². The summed E-state index contributed by atoms with van der Waals surface area (Å²) in [6, 6.07) is 3.30. The Morgan fingerprint density at radius 3 is 2.52 bits per heavy atom. The number of nitrogens with two attached hydrogens (primary N) is 1. The third kappa shape index (κ3) is 3.53. The summed E-state index contributed by atoms with van der Waals surface area (Å²) in [4.78, 5) is -0.0274. The van der Waals surface area contributed by atoms with Crippen LogP contribution < -0.4 is 5.73 Å². The van der Waals surface area contributed by atoms with Crippen LogP contribution in [0.3, 0.4) is 0 Å². The molecular weight excluding hydrogens is 295 g/mol. The van der Waals surface area contributed by atoms with E-state index in [-0.39, 0.29) is 29.8 Å². The van der Waals surface area contributed by atoms with E-state index in [1.807, 2.05) is 0 Å². The molecule has 1 fully saturated rings. The van der Waals surface area contributed by atoms with Gasteiger partial charge >= 0.3 is 0 Å². The van der Waals surface area contributed by atoms with Gasteiger partial charge in [0.1, 0.15) is 5.82 Å². The van der Waals surface area contributed by atoms with Crippen molar-refractivity contribution in [2.45, 2.75) is 43.0 Å². The maximum absolute atomic E-state index is 13.2. The first-order valence-corrected chi connectivity index (χ1v) is 8.58. The standard InChI is InChI=1S/C14H21FN2O3S/c15-13-7-6-12(10-14(13)16)21(19,20)17(8-9-18)11-4-2-1-3-5-11/h6-7,10-11,18H,1-5,8-9,16H2. The van der Waals surface area contributed by atoms with Crippen molar-refractivity contribution in [1.82, 2.24) is 4.31 Å². The molecule has 7 heteroatoms. The van der Waals surface area contributed by atoms with E-state index in [9.17, 15) is 17.9 Å². The second-order valence-electron chi connectivity index (χ2n) is 5.31. The Morgan fingerprint density at radius 1 is 1.29 bits per heavy atom. The summed E-state index contributed by atoms with van der Waals surface area (Å²) in [7, 11) is -3.78. The molecule has 0 atom stereocenters. The average molecular weight is 316 g/mol. The van der Waals surface area contributed by atoms with Crippen molar-refractivity contribution in [3.63, 3.8) is 0 Å². The van der Waals surface area contributed by atoms with E-state index in [0.717, 1.165) is 44.2 Å². The molecule has 0 aromatic heterocycles. The number of benzene rings is 1. The lowest BCUT2D eigenvalue weighted by Gasteiger charge is -2.33. The molecule has 0 heterocycles. The van der Waals surface area contributed by atoms with E-state index in [4.69, 9.17) is 5.73 Å². The van der Waals surface area contributed by atoms with Gasteiger partial charge in [-0.05, 0) is 31.0 Å². The molecule has 118 valence electrons. The van der Waals surface area contributed by atoms with Crippen LogP contribution in [-0.2, 0) is 10.0 Å². The lowest BCUT2D eigenvalue weighted by molar-refractivity contribution is 0.199. The van der Waals surface area contributed by atoms with Crippen LogP contribution in [0.5, 0.6) is 0 Å². The van der Waals surface area contributed by atoms with Crippen molar-refractivity contribution in [2.75, 3.05) is 18.9 Å². The highest BCUT2D eigenvalue weighted by Crippen LogP contribution is 2.28. The molecule has 0 radical (unpaired) electrons. The number of hydrogen-bond donors (Lipinski definition) is 2. The van der Waals surface area contributed by atoms with Crippen LogP contribution >= 0.6 is 0 Å². The minimum Gasteiger partial charge on any atom is -0.396 e. The van der Waals surface area contributed by atoms with E-state index < -0.39 is 15.8 Å². The predicted molar refractivity (Wildman–Crippen MR) is 78.7 cm³/mol. The van der Waals surface area contributed by atoms with Crippen LogP contribution in [0.25, 0.3) is 0 Å². The molecular formula is C14H21FN2O3S. The fraction of sp³-hybridized carbons (Fsp3) is 0.571. The summed E-state index contributed by atoms with van der Waals surface area (Å²) in [6.07, 6.45) is 4.64. The Morgan fingerprint density at radius 2 is 1.95 bits per heavy atom. The number of rotatable bonds is 5. The van der Waals surface area contributed by atoms with Gasteiger partial charge in [-0.2, -0.15) is 4.31 Å². The Kier molecular flexibility index (Phi) is 5.18. The quantitative estimate of drug-likeness (QED) is 0.810. The second kappa shape index (κ2) is 6.72. The van der Waals surface area contributed by atoms with E-state index in [2.05, 4.69) is 0 Å². The largest absolute Gasteiger partial charge is 0.396 e. The topological polar surface area (TPSA) is 83.6 Å². The van der Waals surface area contributed by atoms with E-state index >= 15 is 0 Å². The zero-order valence-corrected chi connectivity index (χ0v) is 12.7. The molecule has 0 amide bonds. The van der Waals surface area contributed by atoms with Crippen LogP contribution in [0.4, 0.5) is 10.1 Å². The first kappa shape index (κ1) is 16.2. The molecule has 0 aliphatic heterocycles. The fourth-order valence-electron chi connectivity index (χ4n) is 2.78. The van der Waals surface area contributed by atoms with Crippen molar-refractivity contribution < 1.29 is 17.9 Å². The van der Waals surface area contributed by atoms with Gasteiger partial charge in [-0.1, -0.05) is 19.3 Å². The minimum absolute atomic E-state index is 0.0274. The number of nitrogen functional groups attached to an aromatic ring is 1. The zero-order valence-electron chi connectivity index (χ0n) is 11.8. The highest BCUT2D eigenvalue weighted by Gasteiger charge is 2.32. The van der Waals surface area contributed by atoms with Crippen LogP contribution in [0.15, 0.2) is 23.1 Å². The summed E-state index contributed by atoms with van der Waals surface area (Å²) in [5, 5.41) is 9.19. The molecule has 21 heavy (non-hydrogen) atoms. The number of aliphatic hydroxyl groups excluding tert-OH is 1. The van der Waals surface area contributed by atoms with Crippen LogP contribution in [-0.4, -0.2) is 37.0 Å². The monoisotopic (exact) mass is 316 g/mol. The average Bonchev–Trinajstić information content (AvgIpc) is 2.48. The number of hydrogen-bond acceptors (Lipinski definition) is 4. The molecule has 0 bridgehead atoms. The Labute approximate surface area is 124 Å². The molecule has 1 aromatic carbocycles. The molecule has 2 rings (SSSR count). The van der Waals surface area contributed by atoms with Gasteiger partial charge in [0.25, 0.3) is 0 Å². The first-order valence-electron chi connectivity index (χ1n) is 7.14. The molecule has 1 aromatic rings. The van der Waals surface area contributed by atoms with Gasteiger partial charge in [-0.15, -0.1) is 0 Å². The molecule has 1 aliphatic carbocycles. The summed E-state index contributed by atoms with van der Waals surface area (Å²) < 4.78 is 40.0. The number of anilines is 1. The summed E-state index contributed by atoms with van der Waals surface area (Å²) in [5.74, 6) is -0.639. The van der Waals surface area contributed by atoms with Crippen LogP contribution in [0, 0.1) is 5.82 Å². The number of nitrogens with zero attached hydrogens (tertiary/aromatic N) is 1. The Hall–Kier alpha value is -1.18. The van der Waals surface area contributed by atoms with Crippen LogP contribution in [0.2, 0.25) is 0 Å². The predicted octanol–water partition coefficient (Wildman–Crippen LogP) is 1.72. The van der Waals surface area contributed by atoms with Gasteiger partial charge in [-0.25, -0.2) is 12.8 Å². The highest BCUT2D eigenvalue weighted by atomic mass is 32.2. The smallest absolute Gasteiger partial charge is 0.243 e. The normalized spacial score (nSPS) is 17.3. The first-order chi connectivity index (χ1) is 9.96. The lowest BCUT2D eigenvalue weighted by Crippen LogP contribution is -2.43. The van der Waals surface area contributed by atoms with Crippen molar-refractivity contribution in [1.29, 1.82) is 0 Å². The van der Waals surface area contributed by atoms with E-state index in [1.165, 1.54) is 10.4 Å². The maximum Gasteiger partial charge on any atom is 0.243 e. The van der Waals surface area contributed by atoms with Crippen molar-refractivity contribution in [2.24, 2.45) is 0 Å². The van der Waals surface area contributed by atoms with Gasteiger partial charge in [0.05, 0.1) is 17.2 Å². The number of sulfonamides is 1. The Bertz CT molecular complexity index is 586. The van der Waals surface area contributed by atoms with E-state index in [1.54, 1.807) is 0 Å². The molecule has 1 aliphatic rings. The highest BCUT2D eigenvalue weighted by molar-refractivity contribution is 7.89. The fourth-order valence-corrected chi connectivity index (χ4v) is 4.50. The van der Waals surface area contributed by atoms with Crippen molar-refractivity contribution in [3.05, 3.63) is 24.0 Å². The molecule has 0 spiro atoms. The van der Waals surface area contributed by atoms with Gasteiger partial charge in [0.2, 0.25) is 10.0 Å². The summed E-state index contributed by atoms with van der Waals surface area (Å²) >= 11 is 0. The third-order valence-corrected chi connectivity index (χ3v) is 5.82. The summed E-state index contributed by atoms with van der Waals surface area (Å²) in [5.41, 5.74) is 5.27. The second-order valence-corrected chi connectivity index (χ2v) is 7.21. The van der Waals surface area contributed by atoms with Gasteiger partial charge < -0.3 is 10.8 Å². The molecule has 0 saturated heterocycles. The van der Waals surface area contributed by atoms with E-state index in [0.29, 0.717) is 0 Å². The Balaban J connectivity index is 2.34. The minimum atomic E-state index is -3.78. The molecule has 3 N–H and O–H groups in total. The summed E-state index contributed by atoms with van der Waals surface area (Å²) in [6.45, 7) is -0.198. The van der Waals surface area contributed by atoms with Gasteiger partial charge in [0, 0.05) is 12.6 Å². The zero-order chi connectivity index (χ0) is 15.5. The lowest BCUT2D eigenvalue weighted by atomic mass is 9.95. The van der Waals surface area contributed by atoms with Gasteiger partial charge in [0.15, 0.2) is 0 Å². The van der Waals surface area contributed by atoms with Crippen molar-refractivity contribution in [3.8, 4) is 0 Å². The number of aliphatic hydroxyl groups is 1. The maximum atomic E-state index is 13.2. The van der Waals surface area contributed by atoms with Crippen molar-refractivity contribution >= 4 is 15.7 Å². The molecule has 0 unspecified atom stereocenters.